The zero-order valence-electron chi connectivity index (χ0n) is 21.4. The van der Waals surface area contributed by atoms with Gasteiger partial charge in [-0.3, -0.25) is 14.3 Å². The number of rotatable bonds is 5. The average molecular weight is 632 g/mol. The fraction of sp³-hybridized carbons (Fsp3) is 0.0333. The van der Waals surface area contributed by atoms with Crippen LogP contribution in [0.2, 0.25) is 14.4 Å². The summed E-state index contributed by atoms with van der Waals surface area (Å²) in [5, 5.41) is 12.6. The summed E-state index contributed by atoms with van der Waals surface area (Å²) in [5.74, 6) is 0. The van der Waals surface area contributed by atoms with E-state index in [9.17, 15) is 9.59 Å². The quantitative estimate of drug-likeness (QED) is 0.204. The van der Waals surface area contributed by atoms with Gasteiger partial charge in [0.15, 0.2) is 5.69 Å². The summed E-state index contributed by atoms with van der Waals surface area (Å²) >= 11 is 20.4. The van der Waals surface area contributed by atoms with Crippen LogP contribution in [0.4, 0.5) is 0 Å². The highest BCUT2D eigenvalue weighted by Crippen LogP contribution is 2.32. The molecule has 42 heavy (non-hydrogen) atoms. The van der Waals surface area contributed by atoms with E-state index in [-0.39, 0.29) is 17.3 Å². The van der Waals surface area contributed by atoms with Crippen molar-refractivity contribution in [3.05, 3.63) is 131 Å². The summed E-state index contributed by atoms with van der Waals surface area (Å²) in [5.41, 5.74) is 2.01. The van der Waals surface area contributed by atoms with E-state index in [2.05, 4.69) is 15.3 Å². The number of halogens is 3. The number of aromatic nitrogens is 6. The van der Waals surface area contributed by atoms with Crippen molar-refractivity contribution in [2.24, 2.45) is 0 Å². The molecule has 7 aromatic rings. The molecule has 0 atom stereocenters. The second-order valence-electron chi connectivity index (χ2n) is 9.46. The summed E-state index contributed by atoms with van der Waals surface area (Å²) in [4.78, 5) is 33.6. The molecule has 0 spiro atoms. The normalized spacial score (nSPS) is 11.5. The Morgan fingerprint density at radius 2 is 1.67 bits per heavy atom. The summed E-state index contributed by atoms with van der Waals surface area (Å²) in [7, 11) is 0. The molecule has 0 aliphatic heterocycles. The molecule has 206 valence electrons. The highest BCUT2D eigenvalue weighted by Gasteiger charge is 2.26. The third kappa shape index (κ3) is 4.42. The highest BCUT2D eigenvalue weighted by atomic mass is 35.5. The monoisotopic (exact) mass is 630 g/mol. The Morgan fingerprint density at radius 3 is 2.48 bits per heavy atom. The van der Waals surface area contributed by atoms with Crippen molar-refractivity contribution in [3.63, 3.8) is 0 Å². The van der Waals surface area contributed by atoms with E-state index in [1.54, 1.807) is 36.5 Å². The van der Waals surface area contributed by atoms with Gasteiger partial charge in [0.25, 0.3) is 5.56 Å². The van der Waals surface area contributed by atoms with Gasteiger partial charge in [0.2, 0.25) is 0 Å². The number of thiophene rings is 1. The minimum Gasteiger partial charge on any atom is -0.286 e. The van der Waals surface area contributed by atoms with E-state index in [1.807, 2.05) is 47.8 Å². The number of para-hydroxylation sites is 1. The van der Waals surface area contributed by atoms with Gasteiger partial charge in [0, 0.05) is 22.5 Å². The molecular formula is C30H17Cl3N6O2S. The number of nitrogens with zero attached hydrogens (tertiary/aromatic N) is 6. The van der Waals surface area contributed by atoms with Crippen molar-refractivity contribution in [2.75, 3.05) is 0 Å². The molecule has 12 heteroatoms. The third-order valence-corrected chi connectivity index (χ3v) is 8.81. The van der Waals surface area contributed by atoms with Crippen molar-refractivity contribution in [1.29, 1.82) is 0 Å². The van der Waals surface area contributed by atoms with E-state index < -0.39 is 11.2 Å². The molecule has 0 radical (unpaired) electrons. The molecule has 7 rings (SSSR count). The lowest BCUT2D eigenvalue weighted by molar-refractivity contribution is 0.672. The predicted octanol–water partition coefficient (Wildman–Crippen LogP) is 7.02. The van der Waals surface area contributed by atoms with Crippen LogP contribution in [0.5, 0.6) is 0 Å². The van der Waals surface area contributed by atoms with Gasteiger partial charge < -0.3 is 0 Å². The molecule has 3 aromatic carbocycles. The lowest BCUT2D eigenvalue weighted by atomic mass is 10.1. The topological polar surface area (TPSA) is 87.6 Å². The Hall–Kier alpha value is -4.28. The first-order chi connectivity index (χ1) is 20.4. The van der Waals surface area contributed by atoms with Gasteiger partial charge in [-0.2, -0.15) is 0 Å². The number of pyridine rings is 1. The minimum absolute atomic E-state index is 0.107. The Balaban J connectivity index is 1.67. The van der Waals surface area contributed by atoms with Gasteiger partial charge in [-0.25, -0.2) is 14.0 Å². The zero-order chi connectivity index (χ0) is 29.0. The fourth-order valence-electron chi connectivity index (χ4n) is 5.05. The Kier molecular flexibility index (Phi) is 6.67. The van der Waals surface area contributed by atoms with Crippen LogP contribution in [-0.4, -0.2) is 29.1 Å². The molecule has 0 unspecified atom stereocenters. The van der Waals surface area contributed by atoms with Gasteiger partial charge in [-0.15, -0.1) is 16.4 Å². The molecule has 4 heterocycles. The first-order valence-electron chi connectivity index (χ1n) is 12.6. The summed E-state index contributed by atoms with van der Waals surface area (Å²) in [6.07, 6.45) is 3.20. The van der Waals surface area contributed by atoms with E-state index in [0.29, 0.717) is 42.7 Å². The maximum absolute atomic E-state index is 14.7. The van der Waals surface area contributed by atoms with Crippen molar-refractivity contribution in [3.8, 4) is 22.6 Å². The molecule has 0 N–H and O–H groups in total. The lowest BCUT2D eigenvalue weighted by Gasteiger charge is -2.20. The van der Waals surface area contributed by atoms with Crippen LogP contribution in [0.1, 0.15) is 5.56 Å². The van der Waals surface area contributed by atoms with Gasteiger partial charge in [0.1, 0.15) is 5.52 Å². The van der Waals surface area contributed by atoms with Gasteiger partial charge in [-0.1, -0.05) is 82.5 Å². The molecule has 0 amide bonds. The van der Waals surface area contributed by atoms with Crippen LogP contribution in [0.15, 0.2) is 100 Å². The summed E-state index contributed by atoms with van der Waals surface area (Å²) in [6.45, 7) is 0.107. The highest BCUT2D eigenvalue weighted by molar-refractivity contribution is 7.14. The van der Waals surface area contributed by atoms with Crippen LogP contribution >= 0.6 is 46.1 Å². The fourth-order valence-corrected chi connectivity index (χ4v) is 6.25. The zero-order valence-corrected chi connectivity index (χ0v) is 24.5. The number of hydrogen-bond donors (Lipinski definition) is 0. The third-order valence-electron chi connectivity index (χ3n) is 6.93. The maximum Gasteiger partial charge on any atom is 0.336 e. The first kappa shape index (κ1) is 26.6. The lowest BCUT2D eigenvalue weighted by Crippen LogP contribution is -2.42. The Labute approximate surface area is 256 Å². The Morgan fingerprint density at radius 1 is 0.857 bits per heavy atom. The van der Waals surface area contributed by atoms with Crippen molar-refractivity contribution in [2.45, 2.75) is 6.54 Å². The predicted molar refractivity (Wildman–Crippen MR) is 168 cm³/mol. The number of hydrogen-bond acceptors (Lipinski definition) is 6. The standard InChI is InChI=1S/C30H17Cl3N6O2S/c31-21-10-9-18(12-22(21)32)27-28(39-24-8-4-3-7-23(24)35-36-39)29(40)38(25-14-34-13-19-5-1-2-6-20(19)25)30(41)37(27)15-17-11-26(33)42-16-17/h1-14,16H,15H2. The molecule has 0 saturated carbocycles. The van der Waals surface area contributed by atoms with Crippen molar-refractivity contribution in [1.82, 2.24) is 29.1 Å². The second kappa shape index (κ2) is 10.5. The van der Waals surface area contributed by atoms with E-state index >= 15 is 0 Å². The first-order valence-corrected chi connectivity index (χ1v) is 14.6. The molecule has 0 fully saturated rings. The molecule has 0 aliphatic carbocycles. The second-order valence-corrected chi connectivity index (χ2v) is 11.8. The molecule has 0 saturated heterocycles. The van der Waals surface area contributed by atoms with E-state index in [1.165, 1.54) is 26.8 Å². The van der Waals surface area contributed by atoms with Gasteiger partial charge in [0.05, 0.1) is 44.0 Å². The van der Waals surface area contributed by atoms with E-state index in [0.717, 1.165) is 15.5 Å². The molecule has 8 nitrogen and oxygen atoms in total. The van der Waals surface area contributed by atoms with Gasteiger partial charge >= 0.3 is 5.69 Å². The molecule has 4 aromatic heterocycles. The Bertz CT molecular complexity index is 2280. The van der Waals surface area contributed by atoms with E-state index in [4.69, 9.17) is 34.8 Å². The van der Waals surface area contributed by atoms with Crippen LogP contribution in [0.3, 0.4) is 0 Å². The molecular weight excluding hydrogens is 615 g/mol. The SMILES string of the molecule is O=c1c(-n2nnc3ccccc32)c(-c2ccc(Cl)c(Cl)c2)n(Cc2csc(Cl)c2)c(=O)n1-c1cncc2ccccc12. The number of benzene rings is 3. The average Bonchev–Trinajstić information content (AvgIpc) is 3.61. The largest absolute Gasteiger partial charge is 0.336 e. The maximum atomic E-state index is 14.7. The van der Waals surface area contributed by atoms with Crippen molar-refractivity contribution >= 4 is 67.9 Å². The smallest absolute Gasteiger partial charge is 0.286 e. The summed E-state index contributed by atoms with van der Waals surface area (Å²) < 4.78 is 4.69. The van der Waals surface area contributed by atoms with Crippen molar-refractivity contribution < 1.29 is 0 Å². The van der Waals surface area contributed by atoms with Crippen LogP contribution in [0, 0.1) is 0 Å². The van der Waals surface area contributed by atoms with Crippen LogP contribution < -0.4 is 11.2 Å². The molecule has 0 bridgehead atoms. The minimum atomic E-state index is -0.602. The molecule has 0 aliphatic rings. The van der Waals surface area contributed by atoms with Crippen LogP contribution in [0.25, 0.3) is 44.4 Å². The summed E-state index contributed by atoms with van der Waals surface area (Å²) in [6, 6.07) is 21.5. The van der Waals surface area contributed by atoms with Gasteiger partial charge in [-0.05, 0) is 41.3 Å². The van der Waals surface area contributed by atoms with Crippen LogP contribution in [-0.2, 0) is 6.54 Å². The number of fused-ring (bicyclic) bond motifs is 2.